The van der Waals surface area contributed by atoms with Crippen LogP contribution in [0.4, 0.5) is 22.4 Å². The number of nitrogens with zero attached hydrogens (tertiary/aromatic N) is 3. The van der Waals surface area contributed by atoms with Crippen molar-refractivity contribution < 1.29 is 41.8 Å². The molecule has 9 nitrogen and oxygen atoms in total. The number of likely N-dealkylation sites (N-methyl/N-ethyl adjacent to an activating group) is 1. The van der Waals surface area contributed by atoms with E-state index >= 15 is 0 Å². The predicted octanol–water partition coefficient (Wildman–Crippen LogP) is 4.05. The molecular formula is C29H42F4N4O5. The average Bonchev–Trinajstić information content (AvgIpc) is 3.11. The highest BCUT2D eigenvalue weighted by Gasteiger charge is 2.59. The summed E-state index contributed by atoms with van der Waals surface area (Å²) < 4.78 is 59.3. The van der Waals surface area contributed by atoms with Crippen molar-refractivity contribution in [3.63, 3.8) is 0 Å². The van der Waals surface area contributed by atoms with Crippen molar-refractivity contribution in [1.29, 1.82) is 0 Å². The number of nitrogens with one attached hydrogen (secondary N) is 1. The number of allylic oxidation sites excluding steroid dienone is 3. The molecule has 4 amide bonds. The maximum absolute atomic E-state index is 14.1. The summed E-state index contributed by atoms with van der Waals surface area (Å²) in [7, 11) is 3.22. The van der Waals surface area contributed by atoms with Gasteiger partial charge in [0.05, 0.1) is 22.8 Å². The number of hydrogen-bond donors (Lipinski definition) is 2. The van der Waals surface area contributed by atoms with Crippen LogP contribution in [0.1, 0.15) is 59.3 Å². The van der Waals surface area contributed by atoms with E-state index in [1.54, 1.807) is 32.9 Å². The zero-order chi connectivity index (χ0) is 31.6. The second kappa shape index (κ2) is 13.2. The third-order valence-corrected chi connectivity index (χ3v) is 8.81. The van der Waals surface area contributed by atoms with Crippen LogP contribution < -0.4 is 5.32 Å². The van der Waals surface area contributed by atoms with E-state index in [0.717, 1.165) is 32.6 Å². The number of rotatable bonds is 8. The molecule has 3 fully saturated rings. The number of likely N-dealkylation sites (tertiary alicyclic amines) is 1. The first kappa shape index (κ1) is 33.6. The Hall–Kier alpha value is -2.93. The quantitative estimate of drug-likeness (QED) is 0.248. The van der Waals surface area contributed by atoms with E-state index in [1.807, 2.05) is 0 Å². The molecule has 42 heavy (non-hydrogen) atoms. The van der Waals surface area contributed by atoms with Gasteiger partial charge in [-0.1, -0.05) is 26.5 Å². The molecule has 1 unspecified atom stereocenters. The van der Waals surface area contributed by atoms with Crippen molar-refractivity contribution in [2.24, 2.45) is 5.92 Å². The highest BCUT2D eigenvalue weighted by Crippen LogP contribution is 2.43. The fraction of sp³-hybridized carbons (Fsp3) is 0.690. The number of halogens is 4. The Labute approximate surface area is 244 Å². The van der Waals surface area contributed by atoms with Gasteiger partial charge in [0.1, 0.15) is 11.9 Å². The maximum Gasteiger partial charge on any atom is 0.416 e. The smallest absolute Gasteiger partial charge is 0.381 e. The van der Waals surface area contributed by atoms with E-state index in [-0.39, 0.29) is 31.3 Å². The first-order valence-corrected chi connectivity index (χ1v) is 14.3. The largest absolute Gasteiger partial charge is 0.416 e. The van der Waals surface area contributed by atoms with Crippen LogP contribution in [0.3, 0.4) is 0 Å². The molecule has 2 saturated heterocycles. The number of hydrogen-bond acceptors (Lipinski definition) is 5. The zero-order valence-corrected chi connectivity index (χ0v) is 24.8. The van der Waals surface area contributed by atoms with Crippen LogP contribution in [0.5, 0.6) is 0 Å². The molecule has 0 aromatic heterocycles. The van der Waals surface area contributed by atoms with Crippen LogP contribution in [0.15, 0.2) is 35.7 Å². The summed E-state index contributed by atoms with van der Waals surface area (Å²) in [6.07, 6.45) is -1.05. The number of carbonyl (C=O) groups excluding carboxylic acids is 3. The average molecular weight is 603 g/mol. The van der Waals surface area contributed by atoms with Crippen molar-refractivity contribution in [3.8, 4) is 0 Å². The van der Waals surface area contributed by atoms with Crippen LogP contribution in [-0.2, 0) is 14.3 Å². The third-order valence-electron chi connectivity index (χ3n) is 8.81. The highest BCUT2D eigenvalue weighted by molar-refractivity contribution is 6.00. The molecule has 0 bridgehead atoms. The maximum atomic E-state index is 14.1. The summed E-state index contributed by atoms with van der Waals surface area (Å²) in [5.74, 6) is -3.52. The summed E-state index contributed by atoms with van der Waals surface area (Å²) in [6.45, 7) is 7.76. The molecule has 236 valence electrons. The van der Waals surface area contributed by atoms with Crippen molar-refractivity contribution in [2.45, 2.75) is 95.4 Å². The Kier molecular flexibility index (Phi) is 10.5. The number of methoxy groups -OCH3 is 1. The molecule has 13 heteroatoms. The minimum absolute atomic E-state index is 0.0776. The number of aliphatic hydroxyl groups excluding tert-OH is 1. The van der Waals surface area contributed by atoms with Gasteiger partial charge in [-0.3, -0.25) is 14.5 Å². The number of alkyl halides is 3. The SMILES string of the molecule is C=C(F)/C(=C\C(=CC)C(F)(F)F)C(=O)N[C@@H](C(=O)N1CCC2(CC1)C(O)N(C)C(=O)N2C1CCC(OC)CC1)C(C)C. The molecule has 2 atom stereocenters. The fourth-order valence-corrected chi connectivity index (χ4v) is 6.30. The van der Waals surface area contributed by atoms with Gasteiger partial charge in [0, 0.05) is 33.3 Å². The lowest BCUT2D eigenvalue weighted by molar-refractivity contribution is -0.141. The summed E-state index contributed by atoms with van der Waals surface area (Å²) in [4.78, 5) is 44.4. The van der Waals surface area contributed by atoms with Crippen LogP contribution in [0.2, 0.25) is 0 Å². The van der Waals surface area contributed by atoms with Gasteiger partial charge < -0.3 is 25.0 Å². The summed E-state index contributed by atoms with van der Waals surface area (Å²) in [5, 5.41) is 13.6. The van der Waals surface area contributed by atoms with E-state index in [2.05, 4.69) is 11.9 Å². The van der Waals surface area contributed by atoms with Crippen molar-refractivity contribution in [3.05, 3.63) is 35.7 Å². The third kappa shape index (κ3) is 6.66. The second-order valence-corrected chi connectivity index (χ2v) is 11.6. The number of aliphatic hydroxyl groups is 1. The molecule has 0 aromatic rings. The number of piperidine rings is 1. The molecule has 1 aliphatic carbocycles. The fourth-order valence-electron chi connectivity index (χ4n) is 6.30. The Morgan fingerprint density at radius 1 is 1.17 bits per heavy atom. The lowest BCUT2D eigenvalue weighted by Gasteiger charge is -2.49. The molecule has 2 aliphatic heterocycles. The summed E-state index contributed by atoms with van der Waals surface area (Å²) in [5.41, 5.74) is -3.05. The van der Waals surface area contributed by atoms with Gasteiger partial charge in [0.2, 0.25) is 5.91 Å². The van der Waals surface area contributed by atoms with Gasteiger partial charge in [-0.15, -0.1) is 0 Å². The Morgan fingerprint density at radius 2 is 1.74 bits per heavy atom. The minimum Gasteiger partial charge on any atom is -0.381 e. The first-order valence-electron chi connectivity index (χ1n) is 14.3. The van der Waals surface area contributed by atoms with E-state index in [9.17, 15) is 37.1 Å². The van der Waals surface area contributed by atoms with Crippen LogP contribution in [0, 0.1) is 5.92 Å². The number of ether oxygens (including phenoxy) is 1. The van der Waals surface area contributed by atoms with E-state index in [0.29, 0.717) is 25.0 Å². The van der Waals surface area contributed by atoms with E-state index < -0.39 is 58.7 Å². The molecule has 3 aliphatic rings. The highest BCUT2D eigenvalue weighted by atomic mass is 19.4. The van der Waals surface area contributed by atoms with Crippen molar-refractivity contribution in [1.82, 2.24) is 20.0 Å². The van der Waals surface area contributed by atoms with Crippen molar-refractivity contribution in [2.75, 3.05) is 27.2 Å². The number of urea groups is 1. The van der Waals surface area contributed by atoms with Gasteiger partial charge >= 0.3 is 12.2 Å². The van der Waals surface area contributed by atoms with E-state index in [1.165, 1.54) is 9.80 Å². The zero-order valence-electron chi connectivity index (χ0n) is 24.8. The Morgan fingerprint density at radius 3 is 2.19 bits per heavy atom. The van der Waals surface area contributed by atoms with Crippen molar-refractivity contribution >= 4 is 17.8 Å². The number of amides is 4. The van der Waals surface area contributed by atoms with Crippen LogP contribution >= 0.6 is 0 Å². The van der Waals surface area contributed by atoms with E-state index in [4.69, 9.17) is 4.74 Å². The van der Waals surface area contributed by atoms with Gasteiger partial charge in [0.25, 0.3) is 5.91 Å². The Balaban J connectivity index is 1.77. The number of carbonyl (C=O) groups is 3. The molecule has 0 aromatic carbocycles. The molecular weight excluding hydrogens is 560 g/mol. The molecule has 1 saturated carbocycles. The molecule has 2 N–H and O–H groups in total. The van der Waals surface area contributed by atoms with Gasteiger partial charge in [0.15, 0.2) is 6.23 Å². The standard InChI is InChI=1S/C29H42F4N4O5/c1-7-19(29(31,32)33)16-22(18(4)30)24(38)34-23(17(2)3)25(39)36-14-12-28(13-15-36)26(40)35(5)27(41)37(28)20-8-10-21(42-6)11-9-20/h7,16-17,20-21,23,26,40H,4,8-15H2,1-3,5-6H3,(H,34,38)/b19-7?,22-16+/t20?,21?,23-,26?/m1/s1. The second-order valence-electron chi connectivity index (χ2n) is 11.6. The van der Waals surface area contributed by atoms with Crippen LogP contribution in [-0.4, -0.2) is 101 Å². The monoisotopic (exact) mass is 602 g/mol. The minimum atomic E-state index is -4.82. The van der Waals surface area contributed by atoms with Crippen LogP contribution in [0.25, 0.3) is 0 Å². The first-order chi connectivity index (χ1) is 19.6. The lowest BCUT2D eigenvalue weighted by atomic mass is 9.81. The van der Waals surface area contributed by atoms with Gasteiger partial charge in [-0.2, -0.15) is 13.2 Å². The van der Waals surface area contributed by atoms with Gasteiger partial charge in [-0.05, 0) is 57.4 Å². The molecule has 3 rings (SSSR count). The predicted molar refractivity (Wildman–Crippen MR) is 148 cm³/mol. The molecule has 1 spiro atoms. The molecule has 0 radical (unpaired) electrons. The normalized spacial score (nSPS) is 26.2. The van der Waals surface area contributed by atoms with Gasteiger partial charge in [-0.25, -0.2) is 9.18 Å². The molecule has 2 heterocycles. The lowest BCUT2D eigenvalue weighted by Crippen LogP contribution is -2.63. The topological polar surface area (TPSA) is 102 Å². The summed E-state index contributed by atoms with van der Waals surface area (Å²) in [6, 6.07) is -1.50. The Bertz CT molecular complexity index is 1110. The summed E-state index contributed by atoms with van der Waals surface area (Å²) >= 11 is 0.